The number of carbonyl (C=O) groups is 4. The van der Waals surface area contributed by atoms with Crippen LogP contribution in [0.1, 0.15) is 31.2 Å². The summed E-state index contributed by atoms with van der Waals surface area (Å²) in [5, 5.41) is 50.4. The van der Waals surface area contributed by atoms with Crippen molar-refractivity contribution in [3.05, 3.63) is 83.9 Å². The molecule has 5 N–H and O–H groups in total. The monoisotopic (exact) mass is 650 g/mol. The zero-order valence-electron chi connectivity index (χ0n) is 25.8. The second kappa shape index (κ2) is 12.0. The molecule has 2 aliphatic heterocycles. The smallest absolute Gasteiger partial charge is 0.488 e. The van der Waals surface area contributed by atoms with Crippen LogP contribution in [0.3, 0.4) is 0 Å². The van der Waals surface area contributed by atoms with Gasteiger partial charge in [-0.25, -0.2) is 0 Å². The quantitative estimate of drug-likeness (QED) is 0.134. The molecule has 0 aromatic heterocycles. The lowest BCUT2D eigenvalue weighted by Crippen LogP contribution is -2.43. The first-order chi connectivity index (χ1) is 23.0. The van der Waals surface area contributed by atoms with Crippen LogP contribution >= 0.6 is 0 Å². The van der Waals surface area contributed by atoms with Crippen LogP contribution in [0, 0.1) is 29.6 Å². The number of nitrogens with zero attached hydrogens (tertiary/aromatic N) is 2. The second-order valence-corrected chi connectivity index (χ2v) is 12.6. The zero-order valence-corrected chi connectivity index (χ0v) is 25.8. The first-order valence-electron chi connectivity index (χ1n) is 15.9. The Kier molecular flexibility index (Phi) is 7.99. The molecule has 0 bridgehead atoms. The van der Waals surface area contributed by atoms with E-state index in [-0.39, 0.29) is 53.2 Å². The lowest BCUT2D eigenvalue weighted by Gasteiger charge is -2.44. The van der Waals surface area contributed by atoms with Crippen molar-refractivity contribution in [2.75, 3.05) is 16.4 Å². The number of hydrogen-bond donors (Lipinski definition) is 5. The first kappa shape index (κ1) is 31.8. The molecule has 2 saturated heterocycles. The molecule has 48 heavy (non-hydrogen) atoms. The van der Waals surface area contributed by atoms with E-state index in [1.54, 1.807) is 31.2 Å². The first-order valence-corrected chi connectivity index (χ1v) is 15.9. The van der Waals surface area contributed by atoms with Gasteiger partial charge in [0.15, 0.2) is 11.5 Å². The van der Waals surface area contributed by atoms with E-state index in [2.05, 4.69) is 0 Å². The van der Waals surface area contributed by atoms with Crippen LogP contribution in [0.2, 0.25) is 0 Å². The van der Waals surface area contributed by atoms with Gasteiger partial charge >= 0.3 is 14.2 Å². The van der Waals surface area contributed by atoms with E-state index in [1.165, 1.54) is 42.5 Å². The van der Waals surface area contributed by atoms with Crippen molar-refractivity contribution < 1.29 is 49.1 Å². The Balaban J connectivity index is 1.34. The number of rotatable bonds is 7. The number of imide groups is 2. The molecule has 14 heteroatoms. The normalized spacial score (nSPS) is 26.2. The Morgan fingerprint density at radius 1 is 0.729 bits per heavy atom. The highest BCUT2D eigenvalue weighted by Gasteiger charge is 2.62. The molecule has 6 unspecified atom stereocenters. The standard InChI is InChI=1S/C34H32B2N2O10/c1-2-48-26-11-5-10-22(30(26)39)27-21-12-13-23-28(33(42)37(31(23)40)19-8-3-6-17(14-19)35(44)45)24(21)16-25-29(27)34(43)38(32(25)41)20-9-4-7-18(15-20)36(46)47/h3-12,14-15,23-25,27-29,39,44-47H,2,13,16H2,1H3. The highest BCUT2D eigenvalue weighted by Crippen LogP contribution is 2.59. The number of benzene rings is 3. The van der Waals surface area contributed by atoms with E-state index in [4.69, 9.17) is 4.74 Å². The Hall–Kier alpha value is -4.75. The highest BCUT2D eigenvalue weighted by atomic mass is 16.5. The van der Waals surface area contributed by atoms with Crippen LogP contribution < -0.4 is 25.5 Å². The van der Waals surface area contributed by atoms with Gasteiger partial charge in [0.05, 0.1) is 41.7 Å². The Bertz CT molecular complexity index is 1880. The summed E-state index contributed by atoms with van der Waals surface area (Å²) in [4.78, 5) is 58.7. The molecule has 2 aliphatic carbocycles. The van der Waals surface area contributed by atoms with Gasteiger partial charge in [0, 0.05) is 11.5 Å². The zero-order chi connectivity index (χ0) is 34.0. The maximum Gasteiger partial charge on any atom is 0.488 e. The number of anilines is 2. The predicted molar refractivity (Wildman–Crippen MR) is 174 cm³/mol. The molecule has 3 aromatic rings. The van der Waals surface area contributed by atoms with Gasteiger partial charge in [-0.1, -0.05) is 48.0 Å². The minimum atomic E-state index is -1.83. The number of phenols is 1. The number of ether oxygens (including phenoxy) is 1. The molecule has 12 nitrogen and oxygen atoms in total. The Morgan fingerprint density at radius 2 is 1.29 bits per heavy atom. The fraction of sp³-hybridized carbons (Fsp3) is 0.294. The van der Waals surface area contributed by atoms with Gasteiger partial charge in [-0.15, -0.1) is 0 Å². The third kappa shape index (κ3) is 4.86. The number of fused-ring (bicyclic) bond motifs is 4. The average molecular weight is 650 g/mol. The molecule has 1 saturated carbocycles. The van der Waals surface area contributed by atoms with Gasteiger partial charge in [0.1, 0.15) is 0 Å². The minimum absolute atomic E-state index is 0.0890. The summed E-state index contributed by atoms with van der Waals surface area (Å²) < 4.78 is 5.66. The van der Waals surface area contributed by atoms with E-state index >= 15 is 0 Å². The molecule has 0 spiro atoms. The van der Waals surface area contributed by atoms with Crippen LogP contribution in [0.4, 0.5) is 11.4 Å². The van der Waals surface area contributed by atoms with Crippen LogP contribution in [-0.4, -0.2) is 69.7 Å². The predicted octanol–water partition coefficient (Wildman–Crippen LogP) is 0.196. The van der Waals surface area contributed by atoms with Crippen molar-refractivity contribution in [3.8, 4) is 11.5 Å². The van der Waals surface area contributed by atoms with Crippen LogP contribution in [0.15, 0.2) is 78.4 Å². The van der Waals surface area contributed by atoms with E-state index < -0.39 is 73.4 Å². The van der Waals surface area contributed by atoms with Crippen LogP contribution in [0.25, 0.3) is 0 Å². The number of carbonyl (C=O) groups excluding carboxylic acids is 4. The van der Waals surface area contributed by atoms with Crippen molar-refractivity contribution in [1.29, 1.82) is 0 Å². The molecule has 7 rings (SSSR count). The van der Waals surface area contributed by atoms with Crippen molar-refractivity contribution in [2.24, 2.45) is 29.6 Å². The summed E-state index contributed by atoms with van der Waals surface area (Å²) in [7, 11) is -3.63. The molecule has 4 amide bonds. The molecule has 6 atom stereocenters. The molecule has 0 radical (unpaired) electrons. The summed E-state index contributed by atoms with van der Waals surface area (Å²) in [6.07, 6.45) is 2.12. The second-order valence-electron chi connectivity index (χ2n) is 12.6. The number of allylic oxidation sites excluding steroid dienone is 2. The van der Waals surface area contributed by atoms with Gasteiger partial charge < -0.3 is 29.9 Å². The van der Waals surface area contributed by atoms with Crippen molar-refractivity contribution in [3.63, 3.8) is 0 Å². The lowest BCUT2D eigenvalue weighted by molar-refractivity contribution is -0.126. The van der Waals surface area contributed by atoms with E-state index in [0.29, 0.717) is 11.1 Å². The number of para-hydroxylation sites is 1. The maximum atomic E-state index is 14.3. The molecule has 2 heterocycles. The highest BCUT2D eigenvalue weighted by molar-refractivity contribution is 6.59. The Labute approximate surface area is 276 Å². The summed E-state index contributed by atoms with van der Waals surface area (Å²) in [5.74, 6) is -6.97. The summed E-state index contributed by atoms with van der Waals surface area (Å²) in [6.45, 7) is 2.03. The number of amides is 4. The fourth-order valence-electron chi connectivity index (χ4n) is 8.16. The van der Waals surface area contributed by atoms with E-state index in [0.717, 1.165) is 9.80 Å². The van der Waals surface area contributed by atoms with Crippen LogP contribution in [0.5, 0.6) is 11.5 Å². The van der Waals surface area contributed by atoms with Gasteiger partial charge in [0.2, 0.25) is 23.6 Å². The SMILES string of the molecule is CCOc1cccc(C2C3=CCC4C(=O)N(c5cccc(B(O)O)c5)C(=O)C4C3CC3C(=O)N(c4cccc(B(O)O)c4)C(=O)C32)c1O. The average Bonchev–Trinajstić information content (AvgIpc) is 3.48. The topological polar surface area (TPSA) is 185 Å². The molecular formula is C34H32B2N2O10. The minimum Gasteiger partial charge on any atom is -0.504 e. The summed E-state index contributed by atoms with van der Waals surface area (Å²) >= 11 is 0. The van der Waals surface area contributed by atoms with E-state index in [1.807, 2.05) is 6.08 Å². The third-order valence-electron chi connectivity index (χ3n) is 10.2. The third-order valence-corrected chi connectivity index (χ3v) is 10.2. The number of aromatic hydroxyl groups is 1. The fourth-order valence-corrected chi connectivity index (χ4v) is 8.16. The number of hydrogen-bond acceptors (Lipinski definition) is 10. The van der Waals surface area contributed by atoms with Crippen LogP contribution in [-0.2, 0) is 19.2 Å². The van der Waals surface area contributed by atoms with Crippen molar-refractivity contribution >= 4 is 60.2 Å². The molecule has 3 fully saturated rings. The summed E-state index contributed by atoms with van der Waals surface area (Å²) in [5.41, 5.74) is 1.59. The van der Waals surface area contributed by atoms with Gasteiger partial charge in [-0.05, 0) is 66.9 Å². The Morgan fingerprint density at radius 3 is 1.88 bits per heavy atom. The molecule has 4 aliphatic rings. The van der Waals surface area contributed by atoms with Gasteiger partial charge in [-0.3, -0.25) is 29.0 Å². The van der Waals surface area contributed by atoms with Crippen molar-refractivity contribution in [2.45, 2.75) is 25.7 Å². The summed E-state index contributed by atoms with van der Waals surface area (Å²) in [6, 6.07) is 16.7. The molecular weight excluding hydrogens is 618 g/mol. The van der Waals surface area contributed by atoms with E-state index in [9.17, 15) is 44.4 Å². The molecule has 244 valence electrons. The lowest BCUT2D eigenvalue weighted by atomic mass is 9.57. The van der Waals surface area contributed by atoms with Crippen molar-refractivity contribution in [1.82, 2.24) is 0 Å². The largest absolute Gasteiger partial charge is 0.504 e. The van der Waals surface area contributed by atoms with Gasteiger partial charge in [0.25, 0.3) is 0 Å². The number of phenolic OH excluding ortho intramolecular Hbond substituents is 1. The van der Waals surface area contributed by atoms with Gasteiger partial charge in [-0.2, -0.15) is 0 Å². The molecule has 3 aromatic carbocycles. The maximum absolute atomic E-state index is 14.3.